The lowest BCUT2D eigenvalue weighted by Gasteiger charge is -2.18. The third kappa shape index (κ3) is 6.77. The van der Waals surface area contributed by atoms with Crippen LogP contribution in [0.3, 0.4) is 0 Å². The molecule has 1 aromatic heterocycles. The molecule has 1 heterocycles. The van der Waals surface area contributed by atoms with Crippen molar-refractivity contribution < 1.29 is 23.5 Å². The Balaban J connectivity index is 1.53. The molecule has 0 saturated heterocycles. The summed E-state index contributed by atoms with van der Waals surface area (Å²) in [5.74, 6) is -0.679. The van der Waals surface area contributed by atoms with Gasteiger partial charge in [-0.15, -0.1) is 0 Å². The van der Waals surface area contributed by atoms with E-state index in [2.05, 4.69) is 5.32 Å². The summed E-state index contributed by atoms with van der Waals surface area (Å²) in [5, 5.41) is 3.34. The van der Waals surface area contributed by atoms with Gasteiger partial charge in [0, 0.05) is 17.5 Å². The second-order valence-electron chi connectivity index (χ2n) is 8.45. The molecule has 0 bridgehead atoms. The van der Waals surface area contributed by atoms with E-state index in [0.717, 1.165) is 17.5 Å². The highest BCUT2D eigenvalue weighted by atomic mass is 35.5. The Kier molecular flexibility index (Phi) is 8.59. The predicted molar refractivity (Wildman–Crippen MR) is 142 cm³/mol. The number of alkyl carbamates (subject to hydrolysis) is 1. The van der Waals surface area contributed by atoms with E-state index in [1.54, 1.807) is 6.07 Å². The molecule has 4 aromatic rings. The van der Waals surface area contributed by atoms with Crippen molar-refractivity contribution in [3.8, 4) is 16.9 Å². The van der Waals surface area contributed by atoms with Crippen LogP contribution in [0.25, 0.3) is 22.1 Å². The van der Waals surface area contributed by atoms with Crippen LogP contribution in [0.4, 0.5) is 4.79 Å². The number of halogens is 1. The van der Waals surface area contributed by atoms with Gasteiger partial charge in [0.05, 0.1) is 5.02 Å². The summed E-state index contributed by atoms with van der Waals surface area (Å²) < 4.78 is 16.2. The van der Waals surface area contributed by atoms with Crippen molar-refractivity contribution in [3.63, 3.8) is 0 Å². The number of hydrogen-bond acceptors (Lipinski definition) is 6. The second-order valence-corrected chi connectivity index (χ2v) is 8.85. The molecule has 7 nitrogen and oxygen atoms in total. The van der Waals surface area contributed by atoms with Crippen LogP contribution in [0.15, 0.2) is 88.1 Å². The first-order valence-corrected chi connectivity index (χ1v) is 12.3. The predicted octanol–water partition coefficient (Wildman–Crippen LogP) is 6.50. The Morgan fingerprint density at radius 3 is 2.41 bits per heavy atom. The molecular weight excluding hydrogens is 494 g/mol. The summed E-state index contributed by atoms with van der Waals surface area (Å²) in [4.78, 5) is 37.6. The molecule has 0 aliphatic rings. The van der Waals surface area contributed by atoms with Gasteiger partial charge in [0.25, 0.3) is 0 Å². The van der Waals surface area contributed by atoms with Gasteiger partial charge < -0.3 is 19.2 Å². The highest BCUT2D eigenvalue weighted by Crippen LogP contribution is 2.35. The molecule has 1 amide bonds. The zero-order valence-electron chi connectivity index (χ0n) is 20.2. The molecule has 4 rings (SSSR count). The van der Waals surface area contributed by atoms with Crippen LogP contribution in [0.1, 0.15) is 31.7 Å². The second kappa shape index (κ2) is 12.2. The Morgan fingerprint density at radius 2 is 1.70 bits per heavy atom. The van der Waals surface area contributed by atoms with Gasteiger partial charge >= 0.3 is 17.7 Å². The van der Waals surface area contributed by atoms with Gasteiger partial charge in [-0.05, 0) is 29.2 Å². The number of ether oxygens (including phenoxy) is 2. The fourth-order valence-electron chi connectivity index (χ4n) is 3.84. The topological polar surface area (TPSA) is 94.8 Å². The van der Waals surface area contributed by atoms with E-state index < -0.39 is 23.7 Å². The molecule has 0 spiro atoms. The van der Waals surface area contributed by atoms with Gasteiger partial charge in [-0.3, -0.25) is 0 Å². The summed E-state index contributed by atoms with van der Waals surface area (Å²) in [6.07, 6.45) is 1.12. The minimum atomic E-state index is -0.947. The van der Waals surface area contributed by atoms with Crippen LogP contribution in [-0.4, -0.2) is 18.1 Å². The normalized spacial score (nSPS) is 11.6. The highest BCUT2D eigenvalue weighted by Gasteiger charge is 2.25. The third-order valence-corrected chi connectivity index (χ3v) is 6.02. The number of rotatable bonds is 9. The Morgan fingerprint density at radius 1 is 1.00 bits per heavy atom. The average molecular weight is 520 g/mol. The van der Waals surface area contributed by atoms with Crippen LogP contribution in [-0.2, 0) is 16.1 Å². The molecule has 0 fully saturated rings. The summed E-state index contributed by atoms with van der Waals surface area (Å²) in [7, 11) is 0. The maximum Gasteiger partial charge on any atom is 0.408 e. The summed E-state index contributed by atoms with van der Waals surface area (Å²) in [6.45, 7) is 2.05. The molecule has 190 valence electrons. The van der Waals surface area contributed by atoms with Gasteiger partial charge in [0.2, 0.25) is 0 Å². The number of amides is 1. The SMILES string of the molecule is CCCCC(NC(=O)OCc1ccccc1)C(=O)Oc1cc2oc(=O)cc(-c3ccccc3)c2cc1Cl. The number of unbranched alkanes of at least 4 members (excludes halogenated alkanes) is 1. The lowest BCUT2D eigenvalue weighted by molar-refractivity contribution is -0.136. The maximum atomic E-state index is 13.0. The monoisotopic (exact) mass is 519 g/mol. The zero-order valence-corrected chi connectivity index (χ0v) is 21.0. The van der Waals surface area contributed by atoms with Crippen LogP contribution in [0, 0.1) is 0 Å². The zero-order chi connectivity index (χ0) is 26.2. The molecule has 1 atom stereocenters. The standard InChI is InChI=1S/C29H26ClNO6/c1-2-3-14-24(31-29(34)35-18-19-10-6-4-7-11-19)28(33)37-26-17-25-22(15-23(26)30)21(16-27(32)36-25)20-12-8-5-9-13-20/h4-13,15-17,24H,2-3,14,18H2,1H3,(H,31,34). The van der Waals surface area contributed by atoms with E-state index in [4.69, 9.17) is 25.5 Å². The van der Waals surface area contributed by atoms with Crippen molar-refractivity contribution in [3.05, 3.63) is 99.9 Å². The van der Waals surface area contributed by atoms with Crippen LogP contribution in [0.2, 0.25) is 5.02 Å². The molecule has 0 saturated carbocycles. The number of benzene rings is 3. The number of esters is 1. The van der Waals surface area contributed by atoms with E-state index in [0.29, 0.717) is 23.8 Å². The van der Waals surface area contributed by atoms with Crippen molar-refractivity contribution in [1.29, 1.82) is 0 Å². The van der Waals surface area contributed by atoms with E-state index in [1.807, 2.05) is 67.6 Å². The molecule has 3 aromatic carbocycles. The van der Waals surface area contributed by atoms with E-state index in [-0.39, 0.29) is 23.0 Å². The maximum absolute atomic E-state index is 13.0. The van der Waals surface area contributed by atoms with Gasteiger partial charge in [-0.1, -0.05) is 92.0 Å². The van der Waals surface area contributed by atoms with Gasteiger partial charge in [0.1, 0.15) is 18.2 Å². The molecule has 8 heteroatoms. The lowest BCUT2D eigenvalue weighted by atomic mass is 10.0. The van der Waals surface area contributed by atoms with Crippen molar-refractivity contribution in [2.24, 2.45) is 0 Å². The summed E-state index contributed by atoms with van der Waals surface area (Å²) in [6, 6.07) is 22.0. The Hall–Kier alpha value is -4.10. The molecule has 0 radical (unpaired) electrons. The van der Waals surface area contributed by atoms with Crippen molar-refractivity contribution in [1.82, 2.24) is 5.32 Å². The fraction of sp³-hybridized carbons (Fsp3) is 0.207. The molecular formula is C29H26ClNO6. The van der Waals surface area contributed by atoms with Gasteiger partial charge in [0.15, 0.2) is 5.75 Å². The van der Waals surface area contributed by atoms with E-state index >= 15 is 0 Å². The number of carbonyl (C=O) groups is 2. The molecule has 37 heavy (non-hydrogen) atoms. The van der Waals surface area contributed by atoms with Crippen molar-refractivity contribution in [2.45, 2.75) is 38.8 Å². The highest BCUT2D eigenvalue weighted by molar-refractivity contribution is 6.33. The van der Waals surface area contributed by atoms with Gasteiger partial charge in [-0.2, -0.15) is 0 Å². The van der Waals surface area contributed by atoms with Gasteiger partial charge in [-0.25, -0.2) is 14.4 Å². The average Bonchev–Trinajstić information content (AvgIpc) is 2.91. The van der Waals surface area contributed by atoms with Crippen LogP contribution >= 0.6 is 11.6 Å². The summed E-state index contributed by atoms with van der Waals surface area (Å²) >= 11 is 6.47. The first-order valence-electron chi connectivity index (χ1n) is 12.0. The Bertz CT molecular complexity index is 1440. The largest absolute Gasteiger partial charge is 0.445 e. The lowest BCUT2D eigenvalue weighted by Crippen LogP contribution is -2.43. The van der Waals surface area contributed by atoms with Crippen molar-refractivity contribution >= 4 is 34.6 Å². The molecule has 1 unspecified atom stereocenters. The number of fused-ring (bicyclic) bond motifs is 1. The smallest absolute Gasteiger partial charge is 0.408 e. The van der Waals surface area contributed by atoms with Crippen LogP contribution in [0.5, 0.6) is 5.75 Å². The first kappa shape index (κ1) is 26.0. The molecule has 0 aliphatic carbocycles. The number of hydrogen-bond donors (Lipinski definition) is 1. The van der Waals surface area contributed by atoms with E-state index in [9.17, 15) is 14.4 Å². The molecule has 1 N–H and O–H groups in total. The Labute approximate surface area is 219 Å². The van der Waals surface area contributed by atoms with Crippen LogP contribution < -0.4 is 15.7 Å². The molecule has 0 aliphatic heterocycles. The minimum absolute atomic E-state index is 0.0217. The summed E-state index contributed by atoms with van der Waals surface area (Å²) in [5.41, 5.74) is 1.97. The number of nitrogens with one attached hydrogen (secondary N) is 1. The minimum Gasteiger partial charge on any atom is -0.445 e. The third-order valence-electron chi connectivity index (χ3n) is 5.73. The van der Waals surface area contributed by atoms with E-state index in [1.165, 1.54) is 12.1 Å². The van der Waals surface area contributed by atoms with Crippen molar-refractivity contribution in [2.75, 3.05) is 0 Å². The fourth-order valence-corrected chi connectivity index (χ4v) is 4.04. The quantitative estimate of drug-likeness (QED) is 0.154. The first-order chi connectivity index (χ1) is 17.9. The number of carbonyl (C=O) groups excluding carboxylic acids is 2.